The van der Waals surface area contributed by atoms with Gasteiger partial charge in [0.15, 0.2) is 0 Å². The molecule has 0 aromatic rings. The number of piperazine rings is 1. The van der Waals surface area contributed by atoms with Gasteiger partial charge in [-0.3, -0.25) is 4.90 Å². The lowest BCUT2D eigenvalue weighted by Gasteiger charge is -2.34. The molecular formula is C14H29ClN2O. The number of nitrogens with zero attached hydrogens (tertiary/aromatic N) is 1. The summed E-state index contributed by atoms with van der Waals surface area (Å²) in [5.74, 6) is 0. The van der Waals surface area contributed by atoms with Crippen LogP contribution >= 0.6 is 12.4 Å². The van der Waals surface area contributed by atoms with Crippen molar-refractivity contribution in [2.75, 3.05) is 32.8 Å². The Morgan fingerprint density at radius 2 is 1.89 bits per heavy atom. The van der Waals surface area contributed by atoms with Gasteiger partial charge in [0, 0.05) is 32.2 Å². The van der Waals surface area contributed by atoms with Gasteiger partial charge in [-0.05, 0) is 19.8 Å². The quantitative estimate of drug-likeness (QED) is 0.799. The highest BCUT2D eigenvalue weighted by molar-refractivity contribution is 5.85. The molecule has 0 amide bonds. The summed E-state index contributed by atoms with van der Waals surface area (Å²) in [4.78, 5) is 2.55. The van der Waals surface area contributed by atoms with Crippen LogP contribution in [0.15, 0.2) is 0 Å². The Morgan fingerprint density at radius 1 is 1.17 bits per heavy atom. The number of rotatable bonds is 4. The second kappa shape index (κ2) is 9.13. The molecule has 1 saturated carbocycles. The smallest absolute Gasteiger partial charge is 0.0597 e. The molecule has 1 N–H and O–H groups in total. The third kappa shape index (κ3) is 5.43. The van der Waals surface area contributed by atoms with Crippen molar-refractivity contribution in [3.05, 3.63) is 0 Å². The van der Waals surface area contributed by atoms with E-state index in [1.54, 1.807) is 0 Å². The molecule has 1 saturated heterocycles. The van der Waals surface area contributed by atoms with E-state index >= 15 is 0 Å². The SMILES string of the molecule is C[C@@H]1CNCCN1CCOC1CCCCCC1.Cl. The van der Waals surface area contributed by atoms with E-state index in [1.165, 1.54) is 45.1 Å². The maximum atomic E-state index is 6.05. The van der Waals surface area contributed by atoms with Crippen LogP contribution < -0.4 is 5.32 Å². The fraction of sp³-hybridized carbons (Fsp3) is 1.00. The van der Waals surface area contributed by atoms with Crippen LogP contribution in [0.1, 0.15) is 45.4 Å². The van der Waals surface area contributed by atoms with Crippen LogP contribution in [0.5, 0.6) is 0 Å². The molecule has 4 heteroatoms. The number of halogens is 1. The van der Waals surface area contributed by atoms with Crippen LogP contribution in [0.3, 0.4) is 0 Å². The normalized spacial score (nSPS) is 27.5. The second-order valence-electron chi connectivity index (χ2n) is 5.57. The number of ether oxygens (including phenoxy) is 1. The van der Waals surface area contributed by atoms with Gasteiger partial charge in [0.2, 0.25) is 0 Å². The first kappa shape index (κ1) is 16.2. The van der Waals surface area contributed by atoms with Crippen molar-refractivity contribution < 1.29 is 4.74 Å². The van der Waals surface area contributed by atoms with E-state index in [4.69, 9.17) is 4.74 Å². The lowest BCUT2D eigenvalue weighted by atomic mass is 10.1. The molecule has 2 rings (SSSR count). The summed E-state index contributed by atoms with van der Waals surface area (Å²) >= 11 is 0. The van der Waals surface area contributed by atoms with Crippen molar-refractivity contribution in [3.8, 4) is 0 Å². The maximum Gasteiger partial charge on any atom is 0.0597 e. The average Bonchev–Trinajstić information content (AvgIpc) is 2.60. The molecule has 0 bridgehead atoms. The summed E-state index contributed by atoms with van der Waals surface area (Å²) < 4.78 is 6.05. The largest absolute Gasteiger partial charge is 0.377 e. The molecule has 1 atom stereocenters. The van der Waals surface area contributed by atoms with Gasteiger partial charge in [0.1, 0.15) is 0 Å². The lowest BCUT2D eigenvalue weighted by molar-refractivity contribution is 0.0200. The van der Waals surface area contributed by atoms with E-state index in [2.05, 4.69) is 17.1 Å². The van der Waals surface area contributed by atoms with Crippen molar-refractivity contribution in [3.63, 3.8) is 0 Å². The van der Waals surface area contributed by atoms with E-state index in [0.29, 0.717) is 12.1 Å². The first-order valence-corrected chi connectivity index (χ1v) is 7.42. The van der Waals surface area contributed by atoms with Gasteiger partial charge in [-0.15, -0.1) is 12.4 Å². The van der Waals surface area contributed by atoms with Crippen LogP contribution in [0.2, 0.25) is 0 Å². The predicted molar refractivity (Wildman–Crippen MR) is 78.6 cm³/mol. The zero-order chi connectivity index (χ0) is 11.9. The summed E-state index contributed by atoms with van der Waals surface area (Å²) in [6.07, 6.45) is 8.69. The molecule has 2 fully saturated rings. The first-order valence-electron chi connectivity index (χ1n) is 7.42. The Hall–Kier alpha value is 0.170. The van der Waals surface area contributed by atoms with Gasteiger partial charge in [0.05, 0.1) is 12.7 Å². The minimum absolute atomic E-state index is 0. The summed E-state index contributed by atoms with van der Waals surface area (Å²) in [7, 11) is 0. The van der Waals surface area contributed by atoms with Crippen LogP contribution in [0, 0.1) is 0 Å². The molecule has 2 aliphatic rings. The highest BCUT2D eigenvalue weighted by Gasteiger charge is 2.18. The Balaban J connectivity index is 0.00000162. The molecular weight excluding hydrogens is 248 g/mol. The number of nitrogens with one attached hydrogen (secondary N) is 1. The third-order valence-electron chi connectivity index (χ3n) is 4.17. The molecule has 0 aromatic carbocycles. The Labute approximate surface area is 118 Å². The van der Waals surface area contributed by atoms with Crippen LogP contribution in [-0.4, -0.2) is 49.8 Å². The predicted octanol–water partition coefficient (Wildman–Crippen LogP) is 2.44. The summed E-state index contributed by atoms with van der Waals surface area (Å²) in [5.41, 5.74) is 0. The van der Waals surface area contributed by atoms with E-state index in [-0.39, 0.29) is 12.4 Å². The van der Waals surface area contributed by atoms with E-state index in [1.807, 2.05) is 0 Å². The molecule has 0 spiro atoms. The van der Waals surface area contributed by atoms with Gasteiger partial charge in [-0.2, -0.15) is 0 Å². The lowest BCUT2D eigenvalue weighted by Crippen LogP contribution is -2.50. The first-order chi connectivity index (χ1) is 8.36. The fourth-order valence-corrected chi connectivity index (χ4v) is 2.96. The standard InChI is InChI=1S/C14H28N2O.ClH/c1-13-12-15-8-9-16(13)10-11-17-14-6-4-2-3-5-7-14;/h13-15H,2-12H2,1H3;1H/t13-;/m1./s1. The second-order valence-corrected chi connectivity index (χ2v) is 5.57. The minimum Gasteiger partial charge on any atom is -0.377 e. The van der Waals surface area contributed by atoms with Gasteiger partial charge >= 0.3 is 0 Å². The molecule has 0 radical (unpaired) electrons. The van der Waals surface area contributed by atoms with Crippen molar-refractivity contribution in [1.29, 1.82) is 0 Å². The highest BCUT2D eigenvalue weighted by atomic mass is 35.5. The monoisotopic (exact) mass is 276 g/mol. The zero-order valence-electron chi connectivity index (χ0n) is 11.7. The number of hydrogen-bond donors (Lipinski definition) is 1. The molecule has 108 valence electrons. The summed E-state index contributed by atoms with van der Waals surface area (Å²) in [6, 6.07) is 0.668. The Morgan fingerprint density at radius 3 is 2.56 bits per heavy atom. The fourth-order valence-electron chi connectivity index (χ4n) is 2.96. The Bertz CT molecular complexity index is 208. The molecule has 0 aromatic heterocycles. The molecule has 3 nitrogen and oxygen atoms in total. The van der Waals surface area contributed by atoms with Gasteiger partial charge in [-0.1, -0.05) is 25.7 Å². The number of hydrogen-bond acceptors (Lipinski definition) is 3. The topological polar surface area (TPSA) is 24.5 Å². The van der Waals surface area contributed by atoms with Gasteiger partial charge < -0.3 is 10.1 Å². The minimum atomic E-state index is 0. The van der Waals surface area contributed by atoms with Crippen LogP contribution in [0.25, 0.3) is 0 Å². The van der Waals surface area contributed by atoms with E-state index < -0.39 is 0 Å². The van der Waals surface area contributed by atoms with Crippen LogP contribution in [-0.2, 0) is 4.74 Å². The van der Waals surface area contributed by atoms with Crippen molar-refractivity contribution in [2.24, 2.45) is 0 Å². The van der Waals surface area contributed by atoms with Crippen LogP contribution in [0.4, 0.5) is 0 Å². The van der Waals surface area contributed by atoms with Crippen molar-refractivity contribution in [2.45, 2.75) is 57.6 Å². The van der Waals surface area contributed by atoms with E-state index in [0.717, 1.165) is 26.2 Å². The highest BCUT2D eigenvalue weighted by Crippen LogP contribution is 2.19. The van der Waals surface area contributed by atoms with E-state index in [9.17, 15) is 0 Å². The maximum absolute atomic E-state index is 6.05. The summed E-state index contributed by atoms with van der Waals surface area (Å²) in [5, 5.41) is 3.43. The van der Waals surface area contributed by atoms with Gasteiger partial charge in [0.25, 0.3) is 0 Å². The van der Waals surface area contributed by atoms with Crippen molar-refractivity contribution in [1.82, 2.24) is 10.2 Å². The summed E-state index contributed by atoms with van der Waals surface area (Å²) in [6.45, 7) is 7.78. The Kier molecular flexibility index (Phi) is 8.23. The molecule has 1 heterocycles. The molecule has 1 aliphatic heterocycles. The average molecular weight is 277 g/mol. The molecule has 18 heavy (non-hydrogen) atoms. The van der Waals surface area contributed by atoms with Gasteiger partial charge in [-0.25, -0.2) is 0 Å². The zero-order valence-corrected chi connectivity index (χ0v) is 12.5. The van der Waals surface area contributed by atoms with Crippen molar-refractivity contribution >= 4 is 12.4 Å². The third-order valence-corrected chi connectivity index (χ3v) is 4.17. The molecule has 0 unspecified atom stereocenters. The molecule has 1 aliphatic carbocycles.